The predicted molar refractivity (Wildman–Crippen MR) is 82.9 cm³/mol. The molecule has 20 heavy (non-hydrogen) atoms. The van der Waals surface area contributed by atoms with E-state index < -0.39 is 0 Å². The van der Waals surface area contributed by atoms with Crippen molar-refractivity contribution < 1.29 is 4.79 Å². The van der Waals surface area contributed by atoms with Crippen LogP contribution >= 0.6 is 0 Å². The van der Waals surface area contributed by atoms with Gasteiger partial charge in [0.2, 0.25) is 0 Å². The van der Waals surface area contributed by atoms with Gasteiger partial charge in [-0.05, 0) is 51.5 Å². The molecule has 2 rings (SSSR count). The minimum Gasteiger partial charge on any atom is -0.338 e. The average Bonchev–Trinajstić information content (AvgIpc) is 2.45. The van der Waals surface area contributed by atoms with E-state index in [0.29, 0.717) is 5.92 Å². The zero-order valence-corrected chi connectivity index (χ0v) is 13.2. The van der Waals surface area contributed by atoms with Gasteiger partial charge in [0.1, 0.15) is 0 Å². The number of urea groups is 1. The number of piperidine rings is 2. The van der Waals surface area contributed by atoms with Gasteiger partial charge in [0.25, 0.3) is 0 Å². The van der Waals surface area contributed by atoms with Crippen molar-refractivity contribution in [2.24, 2.45) is 5.92 Å². The number of hydrogen-bond donors (Lipinski definition) is 1. The van der Waals surface area contributed by atoms with Crippen LogP contribution in [-0.4, -0.2) is 54.6 Å². The molecular weight excluding hydrogens is 250 g/mol. The highest BCUT2D eigenvalue weighted by Gasteiger charge is 2.21. The number of rotatable bonds is 4. The molecule has 2 fully saturated rings. The normalized spacial score (nSPS) is 28.4. The van der Waals surface area contributed by atoms with Crippen LogP contribution in [0.5, 0.6) is 0 Å². The molecule has 116 valence electrons. The maximum atomic E-state index is 12.1. The minimum atomic E-state index is 0.142. The second-order valence-electron chi connectivity index (χ2n) is 6.66. The van der Waals surface area contributed by atoms with Crippen LogP contribution in [0.3, 0.4) is 0 Å². The number of nitrogens with one attached hydrogen (secondary N) is 1. The molecule has 0 radical (unpaired) electrons. The third-order valence-corrected chi connectivity index (χ3v) is 4.78. The molecule has 0 aromatic rings. The molecule has 0 aliphatic carbocycles. The summed E-state index contributed by atoms with van der Waals surface area (Å²) < 4.78 is 0. The number of carbonyl (C=O) groups excluding carboxylic acids is 1. The molecular formula is C16H31N3O. The van der Waals surface area contributed by atoms with E-state index in [9.17, 15) is 4.79 Å². The van der Waals surface area contributed by atoms with E-state index in [1.807, 2.05) is 4.90 Å². The van der Waals surface area contributed by atoms with E-state index in [4.69, 9.17) is 0 Å². The van der Waals surface area contributed by atoms with Gasteiger partial charge in [-0.15, -0.1) is 0 Å². The number of hydrogen-bond acceptors (Lipinski definition) is 2. The second-order valence-corrected chi connectivity index (χ2v) is 6.66. The topological polar surface area (TPSA) is 35.6 Å². The summed E-state index contributed by atoms with van der Waals surface area (Å²) in [4.78, 5) is 16.6. The van der Waals surface area contributed by atoms with Gasteiger partial charge in [-0.2, -0.15) is 0 Å². The first-order chi connectivity index (χ1) is 9.66. The Balaban J connectivity index is 1.59. The van der Waals surface area contributed by atoms with Gasteiger partial charge in [0.15, 0.2) is 0 Å². The van der Waals surface area contributed by atoms with Gasteiger partial charge in [-0.3, -0.25) is 0 Å². The Morgan fingerprint density at radius 3 is 2.75 bits per heavy atom. The Kier molecular flexibility index (Phi) is 6.14. The Labute approximate surface area is 123 Å². The first kappa shape index (κ1) is 15.6. The van der Waals surface area contributed by atoms with Crippen LogP contribution in [0.25, 0.3) is 0 Å². The Bertz CT molecular complexity index is 308. The standard InChI is InChI=1S/C16H31N3O/c1-14-7-5-11-19(13-14)16(20)17-9-6-12-18-10-4-3-8-15(18)2/h14-15H,3-13H2,1-2H3,(H,17,20). The second kappa shape index (κ2) is 7.87. The van der Waals surface area contributed by atoms with Crippen LogP contribution in [0.15, 0.2) is 0 Å². The van der Waals surface area contributed by atoms with Crippen LogP contribution in [0.1, 0.15) is 52.4 Å². The Hall–Kier alpha value is -0.770. The number of carbonyl (C=O) groups is 1. The molecule has 0 aromatic carbocycles. The molecule has 2 amide bonds. The molecule has 0 saturated carbocycles. The third-order valence-electron chi connectivity index (χ3n) is 4.78. The van der Waals surface area contributed by atoms with Crippen molar-refractivity contribution in [3.63, 3.8) is 0 Å². The van der Waals surface area contributed by atoms with E-state index >= 15 is 0 Å². The van der Waals surface area contributed by atoms with Crippen LogP contribution in [-0.2, 0) is 0 Å². The lowest BCUT2D eigenvalue weighted by Crippen LogP contribution is -2.46. The minimum absolute atomic E-state index is 0.142. The zero-order valence-electron chi connectivity index (χ0n) is 13.2. The molecule has 1 N–H and O–H groups in total. The van der Waals surface area contributed by atoms with Crippen molar-refractivity contribution in [3.8, 4) is 0 Å². The predicted octanol–water partition coefficient (Wildman–Crippen LogP) is 2.69. The summed E-state index contributed by atoms with van der Waals surface area (Å²) >= 11 is 0. The van der Waals surface area contributed by atoms with Crippen molar-refractivity contribution in [2.75, 3.05) is 32.7 Å². The smallest absolute Gasteiger partial charge is 0.317 e. The fourth-order valence-electron chi connectivity index (χ4n) is 3.45. The molecule has 4 nitrogen and oxygen atoms in total. The van der Waals surface area contributed by atoms with E-state index in [-0.39, 0.29) is 6.03 Å². The van der Waals surface area contributed by atoms with Crippen LogP contribution in [0.4, 0.5) is 4.79 Å². The maximum Gasteiger partial charge on any atom is 0.317 e. The first-order valence-corrected chi connectivity index (χ1v) is 8.43. The molecule has 0 spiro atoms. The lowest BCUT2D eigenvalue weighted by Gasteiger charge is -2.33. The van der Waals surface area contributed by atoms with Crippen LogP contribution < -0.4 is 5.32 Å². The van der Waals surface area contributed by atoms with E-state index in [1.165, 1.54) is 32.2 Å². The molecule has 2 heterocycles. The van der Waals surface area contributed by atoms with Gasteiger partial charge in [-0.25, -0.2) is 4.79 Å². The summed E-state index contributed by atoms with van der Waals surface area (Å²) in [6, 6.07) is 0.866. The van der Waals surface area contributed by atoms with Crippen molar-refractivity contribution in [1.29, 1.82) is 0 Å². The quantitative estimate of drug-likeness (QED) is 0.804. The third kappa shape index (κ3) is 4.65. The summed E-state index contributed by atoms with van der Waals surface area (Å²) in [6.07, 6.45) is 7.53. The number of nitrogens with zero attached hydrogens (tertiary/aromatic N) is 2. The lowest BCUT2D eigenvalue weighted by molar-refractivity contribution is 0.155. The molecule has 0 aromatic heterocycles. The number of amides is 2. The molecule has 2 aliphatic heterocycles. The molecule has 2 aliphatic rings. The number of likely N-dealkylation sites (tertiary alicyclic amines) is 2. The highest BCUT2D eigenvalue weighted by molar-refractivity contribution is 5.74. The molecule has 2 unspecified atom stereocenters. The zero-order chi connectivity index (χ0) is 14.4. The SMILES string of the molecule is CC1CCCN(C(=O)NCCCN2CCCCC2C)C1. The molecule has 2 saturated heterocycles. The van der Waals surface area contributed by atoms with Crippen LogP contribution in [0.2, 0.25) is 0 Å². The van der Waals surface area contributed by atoms with Crippen molar-refractivity contribution in [2.45, 2.75) is 58.4 Å². The summed E-state index contributed by atoms with van der Waals surface area (Å²) in [5.41, 5.74) is 0. The van der Waals surface area contributed by atoms with Crippen LogP contribution in [0, 0.1) is 5.92 Å². The summed E-state index contributed by atoms with van der Waals surface area (Å²) in [7, 11) is 0. The largest absolute Gasteiger partial charge is 0.338 e. The van der Waals surface area contributed by atoms with Crippen molar-refractivity contribution in [3.05, 3.63) is 0 Å². The Morgan fingerprint density at radius 2 is 2.00 bits per heavy atom. The summed E-state index contributed by atoms with van der Waals surface area (Å²) in [5, 5.41) is 3.09. The summed E-state index contributed by atoms with van der Waals surface area (Å²) in [6.45, 7) is 9.59. The van der Waals surface area contributed by atoms with Gasteiger partial charge >= 0.3 is 6.03 Å². The lowest BCUT2D eigenvalue weighted by atomic mass is 10.0. The highest BCUT2D eigenvalue weighted by Crippen LogP contribution is 2.16. The van der Waals surface area contributed by atoms with E-state index in [2.05, 4.69) is 24.1 Å². The van der Waals surface area contributed by atoms with Gasteiger partial charge in [-0.1, -0.05) is 13.3 Å². The van der Waals surface area contributed by atoms with E-state index in [1.54, 1.807) is 0 Å². The van der Waals surface area contributed by atoms with Gasteiger partial charge < -0.3 is 15.1 Å². The van der Waals surface area contributed by atoms with Gasteiger partial charge in [0.05, 0.1) is 0 Å². The van der Waals surface area contributed by atoms with Crippen molar-refractivity contribution in [1.82, 2.24) is 15.1 Å². The van der Waals surface area contributed by atoms with Gasteiger partial charge in [0, 0.05) is 32.2 Å². The van der Waals surface area contributed by atoms with E-state index in [0.717, 1.165) is 45.1 Å². The maximum absolute atomic E-state index is 12.1. The fraction of sp³-hybridized carbons (Fsp3) is 0.938. The summed E-state index contributed by atoms with van der Waals surface area (Å²) in [5.74, 6) is 0.656. The molecule has 4 heteroatoms. The Morgan fingerprint density at radius 1 is 1.15 bits per heavy atom. The first-order valence-electron chi connectivity index (χ1n) is 8.43. The average molecular weight is 281 g/mol. The molecule has 0 bridgehead atoms. The fourth-order valence-corrected chi connectivity index (χ4v) is 3.45. The molecule has 2 atom stereocenters. The highest BCUT2D eigenvalue weighted by atomic mass is 16.2. The monoisotopic (exact) mass is 281 g/mol. The van der Waals surface area contributed by atoms with Crippen molar-refractivity contribution >= 4 is 6.03 Å².